The number of benzene rings is 2. The van der Waals surface area contributed by atoms with E-state index >= 15 is 0 Å². The Morgan fingerprint density at radius 3 is 2.49 bits per heavy atom. The quantitative estimate of drug-likeness (QED) is 0.537. The minimum absolute atomic E-state index is 0.103. The van der Waals surface area contributed by atoms with Crippen molar-refractivity contribution in [3.8, 4) is 0 Å². The van der Waals surface area contributed by atoms with Crippen molar-refractivity contribution in [1.29, 1.82) is 0 Å². The number of fused-ring (bicyclic) bond motifs is 1. The molecule has 4 rings (SSSR count). The average molecular weight is 499 g/mol. The van der Waals surface area contributed by atoms with Gasteiger partial charge in [-0.2, -0.15) is 0 Å². The molecule has 186 valence electrons. The van der Waals surface area contributed by atoms with Gasteiger partial charge in [0.25, 0.3) is 15.9 Å². The van der Waals surface area contributed by atoms with Gasteiger partial charge in [0.1, 0.15) is 0 Å². The number of ether oxygens (including phenoxy) is 1. The van der Waals surface area contributed by atoms with E-state index in [9.17, 15) is 18.0 Å². The smallest absolute Gasteiger partial charge is 0.264 e. The van der Waals surface area contributed by atoms with Crippen LogP contribution in [0.15, 0.2) is 66.1 Å². The third kappa shape index (κ3) is 5.72. The van der Waals surface area contributed by atoms with Crippen LogP contribution in [0.5, 0.6) is 0 Å². The van der Waals surface area contributed by atoms with E-state index in [-0.39, 0.29) is 29.3 Å². The van der Waals surface area contributed by atoms with Crippen molar-refractivity contribution in [2.45, 2.75) is 17.4 Å². The SMILES string of the molecule is C=CC(=O)NC1CCN(S(=O)(=O)c2ccc(C(=O)NCCN3CCOCC3)cc2)c2ccccc21. The third-order valence-corrected chi connectivity index (χ3v) is 8.05. The summed E-state index contributed by atoms with van der Waals surface area (Å²) in [6.07, 6.45) is 1.63. The Kier molecular flexibility index (Phi) is 7.84. The Morgan fingerprint density at radius 1 is 1.06 bits per heavy atom. The fraction of sp³-hybridized carbons (Fsp3) is 0.360. The molecule has 2 aromatic carbocycles. The number of rotatable bonds is 8. The lowest BCUT2D eigenvalue weighted by molar-refractivity contribution is -0.117. The summed E-state index contributed by atoms with van der Waals surface area (Å²) in [4.78, 5) is 26.7. The van der Waals surface area contributed by atoms with Gasteiger partial charge in [0.05, 0.1) is 29.8 Å². The van der Waals surface area contributed by atoms with E-state index in [4.69, 9.17) is 4.74 Å². The highest BCUT2D eigenvalue weighted by Gasteiger charge is 2.33. The second kappa shape index (κ2) is 11.0. The standard InChI is InChI=1S/C25H30N4O5S/c1-2-24(30)27-22-11-13-29(23-6-4-3-5-21(22)23)35(32,33)20-9-7-19(8-10-20)25(31)26-12-14-28-15-17-34-18-16-28/h2-10,22H,1,11-18H2,(H,26,31)(H,27,30). The average Bonchev–Trinajstić information content (AvgIpc) is 2.89. The van der Waals surface area contributed by atoms with Crippen LogP contribution >= 0.6 is 0 Å². The number of sulfonamides is 1. The maximum Gasteiger partial charge on any atom is 0.264 e. The van der Waals surface area contributed by atoms with Crippen LogP contribution in [0.2, 0.25) is 0 Å². The van der Waals surface area contributed by atoms with Crippen LogP contribution < -0.4 is 14.9 Å². The molecular weight excluding hydrogens is 468 g/mol. The molecule has 1 saturated heterocycles. The molecule has 0 spiro atoms. The lowest BCUT2D eigenvalue weighted by Gasteiger charge is -2.35. The van der Waals surface area contributed by atoms with Gasteiger partial charge in [-0.05, 0) is 48.4 Å². The van der Waals surface area contributed by atoms with Crippen LogP contribution in [0.3, 0.4) is 0 Å². The van der Waals surface area contributed by atoms with Gasteiger partial charge in [0, 0.05) is 38.3 Å². The number of anilines is 1. The first-order valence-electron chi connectivity index (χ1n) is 11.6. The maximum absolute atomic E-state index is 13.5. The number of hydrogen-bond acceptors (Lipinski definition) is 6. The summed E-state index contributed by atoms with van der Waals surface area (Å²) in [5, 5.41) is 5.75. The number of amides is 2. The van der Waals surface area contributed by atoms with Crippen LogP contribution in [-0.4, -0.2) is 71.1 Å². The topological polar surface area (TPSA) is 108 Å². The first kappa shape index (κ1) is 24.9. The number of para-hydroxylation sites is 1. The minimum atomic E-state index is -3.86. The summed E-state index contributed by atoms with van der Waals surface area (Å²) in [5.41, 5.74) is 1.66. The van der Waals surface area contributed by atoms with Crippen molar-refractivity contribution in [1.82, 2.24) is 15.5 Å². The zero-order chi connectivity index (χ0) is 24.8. The fourth-order valence-corrected chi connectivity index (χ4v) is 5.83. The lowest BCUT2D eigenvalue weighted by Crippen LogP contribution is -2.41. The molecule has 2 aliphatic heterocycles. The number of nitrogens with one attached hydrogen (secondary N) is 2. The Labute approximate surface area is 205 Å². The molecule has 10 heteroatoms. The summed E-state index contributed by atoms with van der Waals surface area (Å²) < 4.78 is 33.6. The molecule has 35 heavy (non-hydrogen) atoms. The molecule has 0 radical (unpaired) electrons. The molecule has 1 unspecified atom stereocenters. The third-order valence-electron chi connectivity index (χ3n) is 6.23. The summed E-state index contributed by atoms with van der Waals surface area (Å²) in [5.74, 6) is -0.550. The molecule has 0 aliphatic carbocycles. The molecule has 2 amide bonds. The zero-order valence-electron chi connectivity index (χ0n) is 19.5. The van der Waals surface area contributed by atoms with Gasteiger partial charge in [-0.3, -0.25) is 18.8 Å². The van der Waals surface area contributed by atoms with E-state index in [0.29, 0.717) is 37.4 Å². The molecule has 1 fully saturated rings. The monoisotopic (exact) mass is 498 g/mol. The van der Waals surface area contributed by atoms with Gasteiger partial charge < -0.3 is 15.4 Å². The number of carbonyl (C=O) groups excluding carboxylic acids is 2. The van der Waals surface area contributed by atoms with Crippen molar-refractivity contribution < 1.29 is 22.7 Å². The normalized spacial score (nSPS) is 18.4. The predicted octanol–water partition coefficient (Wildman–Crippen LogP) is 1.69. The van der Waals surface area contributed by atoms with E-state index in [1.165, 1.54) is 34.6 Å². The van der Waals surface area contributed by atoms with E-state index in [2.05, 4.69) is 22.1 Å². The Morgan fingerprint density at radius 2 is 1.77 bits per heavy atom. The highest BCUT2D eigenvalue weighted by atomic mass is 32.2. The molecule has 2 heterocycles. The molecule has 2 aromatic rings. The van der Waals surface area contributed by atoms with Crippen molar-refractivity contribution in [3.63, 3.8) is 0 Å². The van der Waals surface area contributed by atoms with Gasteiger partial charge in [-0.1, -0.05) is 24.8 Å². The molecular formula is C25H30N4O5S. The van der Waals surface area contributed by atoms with Gasteiger partial charge in [-0.25, -0.2) is 8.42 Å². The van der Waals surface area contributed by atoms with Crippen LogP contribution in [0.25, 0.3) is 0 Å². The lowest BCUT2D eigenvalue weighted by atomic mass is 9.98. The van der Waals surface area contributed by atoms with Crippen LogP contribution in [0, 0.1) is 0 Å². The van der Waals surface area contributed by atoms with Gasteiger partial charge in [0.2, 0.25) is 5.91 Å². The van der Waals surface area contributed by atoms with Crippen LogP contribution in [0.4, 0.5) is 5.69 Å². The summed E-state index contributed by atoms with van der Waals surface area (Å²) >= 11 is 0. The van der Waals surface area contributed by atoms with E-state index in [0.717, 1.165) is 25.2 Å². The summed E-state index contributed by atoms with van der Waals surface area (Å²) in [6.45, 7) is 8.05. The Hall–Kier alpha value is -3.21. The van der Waals surface area contributed by atoms with Crippen molar-refractivity contribution in [3.05, 3.63) is 72.3 Å². The molecule has 2 aliphatic rings. The second-order valence-corrected chi connectivity index (χ2v) is 10.3. The highest BCUT2D eigenvalue weighted by molar-refractivity contribution is 7.92. The Balaban J connectivity index is 1.44. The van der Waals surface area contributed by atoms with Crippen molar-refractivity contribution in [2.75, 3.05) is 50.2 Å². The maximum atomic E-state index is 13.5. The largest absolute Gasteiger partial charge is 0.379 e. The molecule has 1 atom stereocenters. The highest BCUT2D eigenvalue weighted by Crippen LogP contribution is 2.37. The molecule has 0 aromatic heterocycles. The second-order valence-electron chi connectivity index (χ2n) is 8.42. The fourth-order valence-electron chi connectivity index (χ4n) is 4.32. The van der Waals surface area contributed by atoms with E-state index in [1.54, 1.807) is 12.1 Å². The minimum Gasteiger partial charge on any atom is -0.379 e. The summed E-state index contributed by atoms with van der Waals surface area (Å²) in [7, 11) is -3.86. The van der Waals surface area contributed by atoms with E-state index < -0.39 is 10.0 Å². The molecule has 0 saturated carbocycles. The van der Waals surface area contributed by atoms with E-state index in [1.807, 2.05) is 12.1 Å². The van der Waals surface area contributed by atoms with Crippen LogP contribution in [0.1, 0.15) is 28.4 Å². The molecule has 9 nitrogen and oxygen atoms in total. The first-order valence-corrected chi connectivity index (χ1v) is 13.1. The van der Waals surface area contributed by atoms with Gasteiger partial charge >= 0.3 is 0 Å². The number of hydrogen-bond donors (Lipinski definition) is 2. The first-order chi connectivity index (χ1) is 16.9. The number of morpholine rings is 1. The number of carbonyl (C=O) groups is 2. The van der Waals surface area contributed by atoms with Crippen LogP contribution in [-0.2, 0) is 19.6 Å². The predicted molar refractivity (Wildman–Crippen MR) is 133 cm³/mol. The van der Waals surface area contributed by atoms with Gasteiger partial charge in [0.15, 0.2) is 0 Å². The van der Waals surface area contributed by atoms with Crippen molar-refractivity contribution in [2.24, 2.45) is 0 Å². The number of nitrogens with zero attached hydrogens (tertiary/aromatic N) is 2. The van der Waals surface area contributed by atoms with Gasteiger partial charge in [-0.15, -0.1) is 0 Å². The molecule has 0 bridgehead atoms. The Bertz CT molecular complexity index is 1180. The zero-order valence-corrected chi connectivity index (χ0v) is 20.3. The summed E-state index contributed by atoms with van der Waals surface area (Å²) in [6, 6.07) is 12.8. The van der Waals surface area contributed by atoms with Crippen molar-refractivity contribution >= 4 is 27.5 Å². The molecule has 2 N–H and O–H groups in total.